The Morgan fingerprint density at radius 3 is 2.62 bits per heavy atom. The number of benzene rings is 2. The number of morpholine rings is 1. The van der Waals surface area contributed by atoms with Gasteiger partial charge in [-0.05, 0) is 48.5 Å². The van der Waals surface area contributed by atoms with Crippen LogP contribution in [-0.2, 0) is 4.74 Å². The van der Waals surface area contributed by atoms with Crippen molar-refractivity contribution in [3.63, 3.8) is 0 Å². The van der Waals surface area contributed by atoms with Crippen LogP contribution < -0.4 is 10.6 Å². The first-order valence-electron chi connectivity index (χ1n) is 11.2. The quantitative estimate of drug-likeness (QED) is 0.440. The van der Waals surface area contributed by atoms with E-state index in [4.69, 9.17) is 4.74 Å². The van der Waals surface area contributed by atoms with Crippen LogP contribution in [-0.4, -0.2) is 64.8 Å². The van der Waals surface area contributed by atoms with E-state index in [9.17, 15) is 9.18 Å². The highest BCUT2D eigenvalue weighted by Crippen LogP contribution is 2.22. The molecule has 1 aliphatic heterocycles. The van der Waals surface area contributed by atoms with Crippen molar-refractivity contribution in [2.24, 2.45) is 0 Å². The Labute approximate surface area is 196 Å². The third-order valence-corrected chi connectivity index (χ3v) is 5.70. The van der Waals surface area contributed by atoms with Crippen molar-refractivity contribution in [2.45, 2.75) is 0 Å². The summed E-state index contributed by atoms with van der Waals surface area (Å²) in [6, 6.07) is 19.1. The largest absolute Gasteiger partial charge is 0.379 e. The first-order valence-corrected chi connectivity index (χ1v) is 11.2. The van der Waals surface area contributed by atoms with Crippen LogP contribution >= 0.6 is 0 Å². The monoisotopic (exact) mass is 460 g/mol. The zero-order chi connectivity index (χ0) is 23.3. The maximum atomic E-state index is 13.7. The normalized spacial score (nSPS) is 14.3. The number of hydrogen-bond acceptors (Lipinski definition) is 6. The highest BCUT2D eigenvalue weighted by Gasteiger charge is 2.12. The van der Waals surface area contributed by atoms with Crippen LogP contribution in [0, 0.1) is 5.82 Å². The number of nitrogens with zero attached hydrogens (tertiary/aromatic N) is 4. The molecule has 0 bridgehead atoms. The Morgan fingerprint density at radius 1 is 1.03 bits per heavy atom. The average Bonchev–Trinajstić information content (AvgIpc) is 3.27. The highest BCUT2D eigenvalue weighted by atomic mass is 19.1. The van der Waals surface area contributed by atoms with Gasteiger partial charge in [-0.15, -0.1) is 5.10 Å². The van der Waals surface area contributed by atoms with E-state index in [1.807, 2.05) is 36.4 Å². The second-order valence-electron chi connectivity index (χ2n) is 8.04. The summed E-state index contributed by atoms with van der Waals surface area (Å²) in [6.07, 6.45) is 0. The van der Waals surface area contributed by atoms with E-state index in [0.29, 0.717) is 29.3 Å². The SMILES string of the molecule is O=C(NCCN1CCOCC1)c1ccc(Nc2nc3cccc(-c4cccc(F)c4)n3n2)cc1. The van der Waals surface area contributed by atoms with E-state index in [0.717, 1.165) is 44.2 Å². The van der Waals surface area contributed by atoms with Gasteiger partial charge in [0.25, 0.3) is 5.91 Å². The minimum atomic E-state index is -0.307. The number of aromatic nitrogens is 3. The molecule has 0 saturated carbocycles. The van der Waals surface area contributed by atoms with Crippen molar-refractivity contribution >= 4 is 23.2 Å². The summed E-state index contributed by atoms with van der Waals surface area (Å²) in [7, 11) is 0. The fraction of sp³-hybridized carbons (Fsp3) is 0.240. The molecule has 1 fully saturated rings. The summed E-state index contributed by atoms with van der Waals surface area (Å²) < 4.78 is 20.7. The smallest absolute Gasteiger partial charge is 0.251 e. The van der Waals surface area contributed by atoms with Gasteiger partial charge in [-0.1, -0.05) is 18.2 Å². The van der Waals surface area contributed by atoms with Gasteiger partial charge in [0, 0.05) is 43.0 Å². The number of halogens is 1. The lowest BCUT2D eigenvalue weighted by Gasteiger charge is -2.26. The van der Waals surface area contributed by atoms with Gasteiger partial charge < -0.3 is 15.4 Å². The summed E-state index contributed by atoms with van der Waals surface area (Å²) in [4.78, 5) is 19.2. The zero-order valence-corrected chi connectivity index (χ0v) is 18.6. The Hall–Kier alpha value is -3.82. The first kappa shape index (κ1) is 22.0. The van der Waals surface area contributed by atoms with Crippen LogP contribution in [0.5, 0.6) is 0 Å². The first-order chi connectivity index (χ1) is 16.7. The van der Waals surface area contributed by atoms with Gasteiger partial charge in [0.05, 0.1) is 18.9 Å². The van der Waals surface area contributed by atoms with Crippen LogP contribution in [0.25, 0.3) is 16.9 Å². The van der Waals surface area contributed by atoms with Gasteiger partial charge >= 0.3 is 0 Å². The fourth-order valence-electron chi connectivity index (χ4n) is 3.91. The second kappa shape index (κ2) is 9.98. The Balaban J connectivity index is 1.23. The standard InChI is InChI=1S/C25H25FN6O2/c26-20-4-1-3-19(17-20)22-5-2-6-23-29-25(30-32(22)23)28-21-9-7-18(8-10-21)24(33)27-11-12-31-13-15-34-16-14-31/h1-10,17H,11-16H2,(H,27,33)(H,28,30). The molecule has 2 aromatic carbocycles. The van der Waals surface area contributed by atoms with Crippen molar-refractivity contribution in [3.05, 3.63) is 78.1 Å². The molecule has 1 aliphatic rings. The van der Waals surface area contributed by atoms with E-state index in [1.54, 1.807) is 22.7 Å². The Kier molecular flexibility index (Phi) is 6.46. The number of nitrogens with one attached hydrogen (secondary N) is 2. The molecule has 5 rings (SSSR count). The number of anilines is 2. The molecule has 8 nitrogen and oxygen atoms in total. The molecule has 1 amide bonds. The minimum Gasteiger partial charge on any atom is -0.379 e. The van der Waals surface area contributed by atoms with E-state index in [1.165, 1.54) is 12.1 Å². The summed E-state index contributed by atoms with van der Waals surface area (Å²) in [5.41, 5.74) is 3.44. The number of ether oxygens (including phenoxy) is 1. The second-order valence-corrected chi connectivity index (χ2v) is 8.04. The molecular formula is C25H25FN6O2. The zero-order valence-electron chi connectivity index (χ0n) is 18.6. The summed E-state index contributed by atoms with van der Waals surface area (Å²) in [5, 5.41) is 10.7. The number of rotatable bonds is 7. The maximum absolute atomic E-state index is 13.7. The lowest BCUT2D eigenvalue weighted by Crippen LogP contribution is -2.41. The van der Waals surface area contributed by atoms with E-state index in [-0.39, 0.29) is 11.7 Å². The van der Waals surface area contributed by atoms with Gasteiger partial charge in [0.2, 0.25) is 5.95 Å². The molecule has 1 saturated heterocycles. The van der Waals surface area contributed by atoms with Crippen LogP contribution in [0.4, 0.5) is 16.0 Å². The van der Waals surface area contributed by atoms with E-state index < -0.39 is 0 Å². The minimum absolute atomic E-state index is 0.106. The summed E-state index contributed by atoms with van der Waals surface area (Å²) in [5.74, 6) is -0.00449. The highest BCUT2D eigenvalue weighted by molar-refractivity contribution is 5.94. The number of amides is 1. The van der Waals surface area contributed by atoms with Crippen molar-refractivity contribution in [3.8, 4) is 11.3 Å². The topological polar surface area (TPSA) is 83.8 Å². The number of fused-ring (bicyclic) bond motifs is 1. The van der Waals surface area contributed by atoms with E-state index in [2.05, 4.69) is 25.6 Å². The van der Waals surface area contributed by atoms with Gasteiger partial charge in [0.15, 0.2) is 5.65 Å². The van der Waals surface area contributed by atoms with Crippen molar-refractivity contribution in [1.29, 1.82) is 0 Å². The van der Waals surface area contributed by atoms with Crippen LogP contribution in [0.2, 0.25) is 0 Å². The molecule has 174 valence electrons. The van der Waals surface area contributed by atoms with Crippen LogP contribution in [0.1, 0.15) is 10.4 Å². The summed E-state index contributed by atoms with van der Waals surface area (Å²) in [6.45, 7) is 4.70. The molecule has 0 unspecified atom stereocenters. The maximum Gasteiger partial charge on any atom is 0.251 e. The summed E-state index contributed by atoms with van der Waals surface area (Å²) >= 11 is 0. The van der Waals surface area contributed by atoms with Crippen molar-refractivity contribution in [2.75, 3.05) is 44.7 Å². The van der Waals surface area contributed by atoms with E-state index >= 15 is 0 Å². The molecule has 9 heteroatoms. The van der Waals surface area contributed by atoms with Gasteiger partial charge in [-0.2, -0.15) is 4.98 Å². The lowest BCUT2D eigenvalue weighted by atomic mass is 10.1. The van der Waals surface area contributed by atoms with Crippen LogP contribution in [0.15, 0.2) is 66.7 Å². The molecule has 0 atom stereocenters. The van der Waals surface area contributed by atoms with Gasteiger partial charge in [-0.3, -0.25) is 9.69 Å². The van der Waals surface area contributed by atoms with Crippen molar-refractivity contribution in [1.82, 2.24) is 24.8 Å². The fourth-order valence-corrected chi connectivity index (χ4v) is 3.91. The number of carbonyl (C=O) groups is 1. The Morgan fingerprint density at radius 2 is 1.82 bits per heavy atom. The predicted octanol–water partition coefficient (Wildman–Crippen LogP) is 3.34. The third kappa shape index (κ3) is 5.05. The number of pyridine rings is 1. The number of carbonyl (C=O) groups excluding carboxylic acids is 1. The molecule has 34 heavy (non-hydrogen) atoms. The van der Waals surface area contributed by atoms with Crippen LogP contribution in [0.3, 0.4) is 0 Å². The molecule has 2 N–H and O–H groups in total. The third-order valence-electron chi connectivity index (χ3n) is 5.70. The molecule has 0 spiro atoms. The molecule has 2 aromatic heterocycles. The number of hydrogen-bond donors (Lipinski definition) is 2. The van der Waals surface area contributed by atoms with Gasteiger partial charge in [-0.25, -0.2) is 8.91 Å². The predicted molar refractivity (Wildman–Crippen MR) is 128 cm³/mol. The molecule has 3 heterocycles. The average molecular weight is 461 g/mol. The lowest BCUT2D eigenvalue weighted by molar-refractivity contribution is 0.0383. The van der Waals surface area contributed by atoms with Crippen molar-refractivity contribution < 1.29 is 13.9 Å². The molecule has 4 aromatic rings. The van der Waals surface area contributed by atoms with Gasteiger partial charge in [0.1, 0.15) is 5.82 Å². The molecular weight excluding hydrogens is 435 g/mol. The Bertz CT molecular complexity index is 1280. The molecule has 0 radical (unpaired) electrons. The molecule has 0 aliphatic carbocycles.